The third-order valence-corrected chi connectivity index (χ3v) is 4.80. The van der Waals surface area contributed by atoms with Gasteiger partial charge in [-0.1, -0.05) is 5.21 Å². The molecule has 122 valence electrons. The Labute approximate surface area is 131 Å². The molecule has 1 unspecified atom stereocenters. The lowest BCUT2D eigenvalue weighted by atomic mass is 10.1. The third kappa shape index (κ3) is 3.64. The van der Waals surface area contributed by atoms with E-state index in [9.17, 15) is 4.79 Å². The average molecular weight is 306 g/mol. The lowest BCUT2D eigenvalue weighted by molar-refractivity contribution is 0.0934. The summed E-state index contributed by atoms with van der Waals surface area (Å²) in [6.07, 6.45) is 6.40. The Hall–Kier alpha value is -1.47. The van der Waals surface area contributed by atoms with E-state index in [0.29, 0.717) is 30.4 Å². The fourth-order valence-electron chi connectivity index (χ4n) is 2.95. The van der Waals surface area contributed by atoms with E-state index in [4.69, 9.17) is 0 Å². The first-order chi connectivity index (χ1) is 10.6. The summed E-state index contributed by atoms with van der Waals surface area (Å²) in [5, 5.41) is 14.5. The van der Waals surface area contributed by atoms with E-state index < -0.39 is 0 Å². The fourth-order valence-corrected chi connectivity index (χ4v) is 2.95. The molecule has 7 heteroatoms. The molecule has 0 spiro atoms. The van der Waals surface area contributed by atoms with Gasteiger partial charge in [-0.25, -0.2) is 4.68 Å². The zero-order chi connectivity index (χ0) is 15.5. The maximum absolute atomic E-state index is 12.2. The molecule has 1 aromatic heterocycles. The molecule has 0 aromatic carbocycles. The van der Waals surface area contributed by atoms with Gasteiger partial charge in [0, 0.05) is 18.6 Å². The van der Waals surface area contributed by atoms with Crippen molar-refractivity contribution in [3.63, 3.8) is 0 Å². The summed E-state index contributed by atoms with van der Waals surface area (Å²) in [6, 6.07) is 1.40. The molecule has 1 aromatic rings. The Morgan fingerprint density at radius 2 is 2.18 bits per heavy atom. The molecule has 2 aliphatic rings. The number of hydrogen-bond donors (Lipinski definition) is 2. The van der Waals surface area contributed by atoms with E-state index in [-0.39, 0.29) is 5.91 Å². The Balaban J connectivity index is 1.50. The van der Waals surface area contributed by atoms with Crippen LogP contribution in [0.4, 0.5) is 0 Å². The second-order valence-electron chi connectivity index (χ2n) is 6.52. The average Bonchev–Trinajstić information content (AvgIpc) is 3.28. The Kier molecular flexibility index (Phi) is 4.73. The summed E-state index contributed by atoms with van der Waals surface area (Å²) in [6.45, 7) is 4.78. The van der Waals surface area contributed by atoms with E-state index in [0.717, 1.165) is 25.9 Å². The molecular formula is C15H26N6O. The van der Waals surface area contributed by atoms with Crippen LogP contribution in [0.3, 0.4) is 0 Å². The van der Waals surface area contributed by atoms with Gasteiger partial charge in [-0.2, -0.15) is 0 Å². The highest BCUT2D eigenvalue weighted by Crippen LogP contribution is 2.26. The molecular weight excluding hydrogens is 280 g/mol. The number of hydrogen-bond acceptors (Lipinski definition) is 5. The van der Waals surface area contributed by atoms with Crippen molar-refractivity contribution in [2.75, 3.05) is 26.7 Å². The zero-order valence-electron chi connectivity index (χ0n) is 13.5. The highest BCUT2D eigenvalue weighted by Gasteiger charge is 2.29. The van der Waals surface area contributed by atoms with Crippen molar-refractivity contribution in [3.8, 4) is 0 Å². The van der Waals surface area contributed by atoms with Gasteiger partial charge in [-0.05, 0) is 52.7 Å². The lowest BCUT2D eigenvalue weighted by Crippen LogP contribution is -2.41. The first-order valence-electron chi connectivity index (χ1n) is 8.28. The van der Waals surface area contributed by atoms with Gasteiger partial charge in [-0.15, -0.1) is 5.10 Å². The van der Waals surface area contributed by atoms with E-state index in [1.807, 2.05) is 4.68 Å². The molecule has 2 heterocycles. The smallest absolute Gasteiger partial charge is 0.273 e. The Morgan fingerprint density at radius 3 is 2.86 bits per heavy atom. The van der Waals surface area contributed by atoms with E-state index in [2.05, 4.69) is 39.8 Å². The van der Waals surface area contributed by atoms with Gasteiger partial charge in [0.1, 0.15) is 0 Å². The number of carbonyl (C=O) groups is 1. The predicted molar refractivity (Wildman–Crippen MR) is 83.7 cm³/mol. The number of piperidine rings is 1. The van der Waals surface area contributed by atoms with Crippen LogP contribution in [0.2, 0.25) is 0 Å². The van der Waals surface area contributed by atoms with Gasteiger partial charge in [-0.3, -0.25) is 9.69 Å². The fraction of sp³-hybridized carbons (Fsp3) is 0.800. The van der Waals surface area contributed by atoms with Crippen molar-refractivity contribution in [1.29, 1.82) is 0 Å². The SMILES string of the molecule is CC(CNC(=O)c1cn(C2CCNCC2)nn1)N(C)C1CC1. The maximum Gasteiger partial charge on any atom is 0.273 e. The quantitative estimate of drug-likeness (QED) is 0.796. The van der Waals surface area contributed by atoms with Crippen LogP contribution in [0.25, 0.3) is 0 Å². The summed E-state index contributed by atoms with van der Waals surface area (Å²) < 4.78 is 1.84. The molecule has 0 radical (unpaired) electrons. The second-order valence-corrected chi connectivity index (χ2v) is 6.52. The molecule has 7 nitrogen and oxygen atoms in total. The van der Waals surface area contributed by atoms with Crippen molar-refractivity contribution in [2.45, 2.75) is 50.7 Å². The standard InChI is InChI=1S/C15H26N6O/c1-11(20(2)12-3-4-12)9-17-15(22)14-10-21(19-18-14)13-5-7-16-8-6-13/h10-13,16H,3-9H2,1-2H3,(H,17,22). The predicted octanol–water partition coefficient (Wildman–Crippen LogP) is 0.415. The van der Waals surface area contributed by atoms with E-state index in [1.165, 1.54) is 12.8 Å². The van der Waals surface area contributed by atoms with Gasteiger partial charge >= 0.3 is 0 Å². The zero-order valence-corrected chi connectivity index (χ0v) is 13.5. The van der Waals surface area contributed by atoms with Crippen LogP contribution in [-0.4, -0.2) is 64.6 Å². The number of likely N-dealkylation sites (N-methyl/N-ethyl adjacent to an activating group) is 1. The number of rotatable bonds is 6. The van der Waals surface area contributed by atoms with Crippen LogP contribution < -0.4 is 10.6 Å². The lowest BCUT2D eigenvalue weighted by Gasteiger charge is -2.24. The van der Waals surface area contributed by atoms with Crippen LogP contribution >= 0.6 is 0 Å². The molecule has 0 bridgehead atoms. The molecule has 1 aliphatic heterocycles. The number of aromatic nitrogens is 3. The third-order valence-electron chi connectivity index (χ3n) is 4.80. The van der Waals surface area contributed by atoms with Crippen molar-refractivity contribution in [2.24, 2.45) is 0 Å². The topological polar surface area (TPSA) is 75.1 Å². The van der Waals surface area contributed by atoms with Crippen LogP contribution in [0.5, 0.6) is 0 Å². The second kappa shape index (κ2) is 6.75. The van der Waals surface area contributed by atoms with Gasteiger partial charge in [0.15, 0.2) is 5.69 Å². The molecule has 2 fully saturated rings. The first kappa shape index (κ1) is 15.4. The van der Waals surface area contributed by atoms with E-state index >= 15 is 0 Å². The van der Waals surface area contributed by atoms with Crippen molar-refractivity contribution in [1.82, 2.24) is 30.5 Å². The maximum atomic E-state index is 12.2. The van der Waals surface area contributed by atoms with Crippen molar-refractivity contribution in [3.05, 3.63) is 11.9 Å². The largest absolute Gasteiger partial charge is 0.349 e. The number of nitrogens with one attached hydrogen (secondary N) is 2. The van der Waals surface area contributed by atoms with Crippen molar-refractivity contribution >= 4 is 5.91 Å². The molecule has 1 aliphatic carbocycles. The Bertz CT molecular complexity index is 506. The van der Waals surface area contributed by atoms with Gasteiger partial charge in [0.25, 0.3) is 5.91 Å². The highest BCUT2D eigenvalue weighted by molar-refractivity contribution is 5.91. The van der Waals surface area contributed by atoms with E-state index in [1.54, 1.807) is 6.20 Å². The molecule has 1 amide bonds. The monoisotopic (exact) mass is 306 g/mol. The number of carbonyl (C=O) groups excluding carboxylic acids is 1. The normalized spacial score (nSPS) is 21.0. The molecule has 1 saturated carbocycles. The van der Waals surface area contributed by atoms with Gasteiger partial charge < -0.3 is 10.6 Å². The minimum Gasteiger partial charge on any atom is -0.349 e. The minimum atomic E-state index is -0.128. The number of nitrogens with zero attached hydrogens (tertiary/aromatic N) is 4. The number of amides is 1. The van der Waals surface area contributed by atoms with Gasteiger partial charge in [0.05, 0.1) is 12.2 Å². The Morgan fingerprint density at radius 1 is 1.45 bits per heavy atom. The van der Waals surface area contributed by atoms with Crippen LogP contribution in [0.1, 0.15) is 49.1 Å². The first-order valence-corrected chi connectivity index (χ1v) is 8.28. The summed E-state index contributed by atoms with van der Waals surface area (Å²) in [5.41, 5.74) is 0.416. The van der Waals surface area contributed by atoms with Crippen molar-refractivity contribution < 1.29 is 4.79 Å². The summed E-state index contributed by atoms with van der Waals surface area (Å²) >= 11 is 0. The van der Waals surface area contributed by atoms with Crippen LogP contribution in [0, 0.1) is 0 Å². The summed E-state index contributed by atoms with van der Waals surface area (Å²) in [5.74, 6) is -0.128. The molecule has 1 saturated heterocycles. The molecule has 22 heavy (non-hydrogen) atoms. The highest BCUT2D eigenvalue weighted by atomic mass is 16.2. The van der Waals surface area contributed by atoms with Crippen LogP contribution in [-0.2, 0) is 0 Å². The van der Waals surface area contributed by atoms with Gasteiger partial charge in [0.2, 0.25) is 0 Å². The molecule has 1 atom stereocenters. The summed E-state index contributed by atoms with van der Waals surface area (Å²) in [4.78, 5) is 14.5. The summed E-state index contributed by atoms with van der Waals surface area (Å²) in [7, 11) is 2.13. The molecule has 2 N–H and O–H groups in total. The van der Waals surface area contributed by atoms with Crippen LogP contribution in [0.15, 0.2) is 6.20 Å². The molecule has 3 rings (SSSR count). The minimum absolute atomic E-state index is 0.128.